The number of rotatable bonds is 9. The van der Waals surface area contributed by atoms with Crippen molar-refractivity contribution in [1.82, 2.24) is 15.3 Å². The zero-order chi connectivity index (χ0) is 20.5. The molecule has 1 aromatic heterocycles. The molecule has 7 heteroatoms. The monoisotopic (exact) mass is 392 g/mol. The summed E-state index contributed by atoms with van der Waals surface area (Å²) in [5, 5.41) is 6.09. The first-order valence-corrected chi connectivity index (χ1v) is 9.28. The molecule has 3 rings (SSSR count). The van der Waals surface area contributed by atoms with Crippen molar-refractivity contribution >= 4 is 11.7 Å². The second-order valence-corrected chi connectivity index (χ2v) is 6.31. The number of hydrogen-bond acceptors (Lipinski definition) is 6. The Labute approximate surface area is 170 Å². The van der Waals surface area contributed by atoms with Crippen LogP contribution in [0.2, 0.25) is 0 Å². The number of methoxy groups -OCH3 is 2. The number of nitrogens with one attached hydrogen (secondary N) is 2. The van der Waals surface area contributed by atoms with Gasteiger partial charge in [-0.3, -0.25) is 4.79 Å². The minimum absolute atomic E-state index is 0.267. The highest BCUT2D eigenvalue weighted by Gasteiger charge is 2.10. The van der Waals surface area contributed by atoms with E-state index in [4.69, 9.17) is 9.47 Å². The van der Waals surface area contributed by atoms with Crippen LogP contribution in [0.15, 0.2) is 60.9 Å². The van der Waals surface area contributed by atoms with E-state index in [1.807, 2.05) is 48.5 Å². The topological polar surface area (TPSA) is 85.4 Å². The summed E-state index contributed by atoms with van der Waals surface area (Å²) in [7, 11) is 3.25. The molecule has 0 aliphatic carbocycles. The van der Waals surface area contributed by atoms with Gasteiger partial charge in [0.2, 0.25) is 0 Å². The molecule has 0 radical (unpaired) electrons. The molecule has 1 heterocycles. The number of nitrogens with zero attached hydrogens (tertiary/aromatic N) is 2. The van der Waals surface area contributed by atoms with Gasteiger partial charge in [-0.15, -0.1) is 0 Å². The van der Waals surface area contributed by atoms with Crippen LogP contribution in [0.4, 0.5) is 5.82 Å². The molecule has 150 valence electrons. The van der Waals surface area contributed by atoms with Crippen LogP contribution in [0.1, 0.15) is 21.6 Å². The van der Waals surface area contributed by atoms with Crippen molar-refractivity contribution in [3.8, 4) is 11.5 Å². The molecule has 0 atom stereocenters. The van der Waals surface area contributed by atoms with E-state index in [-0.39, 0.29) is 5.91 Å². The molecule has 0 spiro atoms. The lowest BCUT2D eigenvalue weighted by Gasteiger charge is -2.10. The Morgan fingerprint density at radius 1 is 1.00 bits per heavy atom. The predicted molar refractivity (Wildman–Crippen MR) is 111 cm³/mol. The van der Waals surface area contributed by atoms with Crippen molar-refractivity contribution in [3.05, 3.63) is 77.7 Å². The Bertz CT molecular complexity index is 945. The Morgan fingerprint density at radius 2 is 1.79 bits per heavy atom. The molecule has 0 aliphatic heterocycles. The number of benzene rings is 2. The maximum atomic E-state index is 12.4. The van der Waals surface area contributed by atoms with Crippen LogP contribution >= 0.6 is 0 Å². The van der Waals surface area contributed by atoms with Crippen LogP contribution < -0.4 is 20.1 Å². The van der Waals surface area contributed by atoms with E-state index in [2.05, 4.69) is 20.6 Å². The standard InChI is InChI=1S/C22H24N4O3/c1-28-18-9-7-16(8-10-18)11-12-23-21-13-19(25-15-26-21)22(27)24-14-17-5-3-4-6-20(17)29-2/h3-10,13,15H,11-12,14H2,1-2H3,(H,24,27)(H,23,25,26). The lowest BCUT2D eigenvalue weighted by molar-refractivity contribution is 0.0945. The highest BCUT2D eigenvalue weighted by atomic mass is 16.5. The number of amides is 1. The van der Waals surface area contributed by atoms with Gasteiger partial charge in [0.1, 0.15) is 29.3 Å². The molecular weight excluding hydrogens is 368 g/mol. The van der Waals surface area contributed by atoms with Gasteiger partial charge in [0.15, 0.2) is 0 Å². The van der Waals surface area contributed by atoms with Crippen molar-refractivity contribution in [2.75, 3.05) is 26.1 Å². The van der Waals surface area contributed by atoms with Gasteiger partial charge in [0, 0.05) is 24.7 Å². The number of anilines is 1. The maximum Gasteiger partial charge on any atom is 0.270 e. The van der Waals surface area contributed by atoms with E-state index in [1.54, 1.807) is 20.3 Å². The zero-order valence-electron chi connectivity index (χ0n) is 16.5. The summed E-state index contributed by atoms with van der Waals surface area (Å²) >= 11 is 0. The molecule has 3 aromatic rings. The highest BCUT2D eigenvalue weighted by Crippen LogP contribution is 2.17. The van der Waals surface area contributed by atoms with Gasteiger partial charge >= 0.3 is 0 Å². The maximum absolute atomic E-state index is 12.4. The van der Waals surface area contributed by atoms with Crippen molar-refractivity contribution in [1.29, 1.82) is 0 Å². The zero-order valence-corrected chi connectivity index (χ0v) is 16.5. The van der Waals surface area contributed by atoms with Crippen LogP contribution in [0.3, 0.4) is 0 Å². The summed E-state index contributed by atoms with van der Waals surface area (Å²) < 4.78 is 10.5. The van der Waals surface area contributed by atoms with Gasteiger partial charge in [-0.2, -0.15) is 0 Å². The lowest BCUT2D eigenvalue weighted by Crippen LogP contribution is -2.24. The van der Waals surface area contributed by atoms with Crippen LogP contribution in [-0.4, -0.2) is 36.6 Å². The van der Waals surface area contributed by atoms with E-state index >= 15 is 0 Å². The molecule has 0 saturated heterocycles. The molecule has 2 aromatic carbocycles. The van der Waals surface area contributed by atoms with Crippen molar-refractivity contribution in [3.63, 3.8) is 0 Å². The number of carbonyl (C=O) groups excluding carboxylic acids is 1. The van der Waals surface area contributed by atoms with E-state index in [1.165, 1.54) is 11.9 Å². The van der Waals surface area contributed by atoms with E-state index in [0.717, 1.165) is 23.5 Å². The second kappa shape index (κ2) is 10.1. The summed E-state index contributed by atoms with van der Waals surface area (Å²) in [6.07, 6.45) is 2.21. The fourth-order valence-electron chi connectivity index (χ4n) is 2.82. The van der Waals surface area contributed by atoms with Gasteiger partial charge in [0.05, 0.1) is 14.2 Å². The minimum atomic E-state index is -0.267. The third kappa shape index (κ3) is 5.68. The number of ether oxygens (including phenoxy) is 2. The van der Waals surface area contributed by atoms with Crippen molar-refractivity contribution < 1.29 is 14.3 Å². The number of aromatic nitrogens is 2. The normalized spacial score (nSPS) is 10.3. The SMILES string of the molecule is COc1ccc(CCNc2cc(C(=O)NCc3ccccc3OC)ncn2)cc1. The molecule has 0 fully saturated rings. The van der Waals surface area contributed by atoms with Crippen LogP contribution in [0.25, 0.3) is 0 Å². The van der Waals surface area contributed by atoms with E-state index in [0.29, 0.717) is 24.6 Å². The molecule has 1 amide bonds. The molecule has 0 unspecified atom stereocenters. The first-order valence-electron chi connectivity index (χ1n) is 9.28. The molecule has 2 N–H and O–H groups in total. The van der Waals surface area contributed by atoms with Gasteiger partial charge in [-0.1, -0.05) is 30.3 Å². The average molecular weight is 392 g/mol. The summed E-state index contributed by atoms with van der Waals surface area (Å²) in [5.74, 6) is 1.91. The number of carbonyl (C=O) groups is 1. The fraction of sp³-hybridized carbons (Fsp3) is 0.227. The third-order valence-electron chi connectivity index (χ3n) is 4.41. The van der Waals surface area contributed by atoms with E-state index in [9.17, 15) is 4.79 Å². The Balaban J connectivity index is 1.53. The number of para-hydroxylation sites is 1. The summed E-state index contributed by atoms with van der Waals surface area (Å²) in [5.41, 5.74) is 2.39. The molecule has 29 heavy (non-hydrogen) atoms. The molecule has 7 nitrogen and oxygen atoms in total. The quantitative estimate of drug-likeness (QED) is 0.582. The average Bonchev–Trinajstić information content (AvgIpc) is 2.78. The van der Waals surface area contributed by atoms with E-state index < -0.39 is 0 Å². The van der Waals surface area contributed by atoms with Gasteiger partial charge in [-0.25, -0.2) is 9.97 Å². The third-order valence-corrected chi connectivity index (χ3v) is 4.41. The predicted octanol–water partition coefficient (Wildman–Crippen LogP) is 3.08. The Morgan fingerprint density at radius 3 is 2.55 bits per heavy atom. The summed E-state index contributed by atoms with van der Waals surface area (Å²) in [4.78, 5) is 20.7. The van der Waals surface area contributed by atoms with Crippen molar-refractivity contribution in [2.24, 2.45) is 0 Å². The molecule has 0 saturated carbocycles. The largest absolute Gasteiger partial charge is 0.497 e. The smallest absolute Gasteiger partial charge is 0.270 e. The van der Waals surface area contributed by atoms with Gasteiger partial charge in [-0.05, 0) is 30.2 Å². The fourth-order valence-corrected chi connectivity index (χ4v) is 2.82. The van der Waals surface area contributed by atoms with Crippen LogP contribution in [0, 0.1) is 0 Å². The first kappa shape index (κ1) is 20.1. The van der Waals surface area contributed by atoms with Crippen molar-refractivity contribution in [2.45, 2.75) is 13.0 Å². The van der Waals surface area contributed by atoms with Crippen LogP contribution in [0.5, 0.6) is 11.5 Å². The van der Waals surface area contributed by atoms with Gasteiger partial charge < -0.3 is 20.1 Å². The van der Waals surface area contributed by atoms with Crippen LogP contribution in [-0.2, 0) is 13.0 Å². The molecule has 0 bridgehead atoms. The number of hydrogen-bond donors (Lipinski definition) is 2. The van der Waals surface area contributed by atoms with Gasteiger partial charge in [0.25, 0.3) is 5.91 Å². The Hall–Kier alpha value is -3.61. The minimum Gasteiger partial charge on any atom is -0.497 e. The summed E-state index contributed by atoms with van der Waals surface area (Å²) in [6, 6.07) is 17.1. The second-order valence-electron chi connectivity index (χ2n) is 6.31. The molecular formula is C22H24N4O3. The molecule has 0 aliphatic rings. The highest BCUT2D eigenvalue weighted by molar-refractivity contribution is 5.92. The Kier molecular flexibility index (Phi) is 7.00. The first-order chi connectivity index (χ1) is 14.2. The lowest BCUT2D eigenvalue weighted by atomic mass is 10.1. The summed E-state index contributed by atoms with van der Waals surface area (Å²) in [6.45, 7) is 1.04.